The monoisotopic (exact) mass is 396 g/mol. The molecule has 30 heavy (non-hydrogen) atoms. The van der Waals surface area contributed by atoms with Gasteiger partial charge in [0.1, 0.15) is 0 Å². The van der Waals surface area contributed by atoms with Gasteiger partial charge in [-0.2, -0.15) is 0 Å². The zero-order valence-electron chi connectivity index (χ0n) is 16.1. The van der Waals surface area contributed by atoms with Gasteiger partial charge >= 0.3 is 0 Å². The first-order valence-corrected chi connectivity index (χ1v) is 9.27. The molecule has 4 aromatic carbocycles. The van der Waals surface area contributed by atoms with Crippen molar-refractivity contribution < 1.29 is 9.59 Å². The van der Waals surface area contributed by atoms with Crippen molar-refractivity contribution in [3.63, 3.8) is 0 Å². The summed E-state index contributed by atoms with van der Waals surface area (Å²) in [5, 5.41) is 1.53. The molecule has 0 spiro atoms. The summed E-state index contributed by atoms with van der Waals surface area (Å²) in [5.74, 6) is -1.09. The van der Waals surface area contributed by atoms with Crippen LogP contribution < -0.4 is 22.9 Å². The van der Waals surface area contributed by atoms with E-state index in [1.54, 1.807) is 42.5 Å². The van der Waals surface area contributed by atoms with Crippen LogP contribution in [0.3, 0.4) is 0 Å². The molecule has 4 aromatic rings. The Hall–Kier alpha value is -4.32. The normalized spacial score (nSPS) is 10.8. The van der Waals surface area contributed by atoms with E-state index in [1.165, 1.54) is 0 Å². The summed E-state index contributed by atoms with van der Waals surface area (Å²) >= 11 is 0. The van der Waals surface area contributed by atoms with Crippen LogP contribution in [0.2, 0.25) is 0 Å². The van der Waals surface area contributed by atoms with Gasteiger partial charge in [-0.15, -0.1) is 0 Å². The summed E-state index contributed by atoms with van der Waals surface area (Å²) in [7, 11) is 0. The van der Waals surface area contributed by atoms with Gasteiger partial charge in [-0.05, 0) is 69.9 Å². The van der Waals surface area contributed by atoms with E-state index in [9.17, 15) is 9.59 Å². The molecule has 0 aliphatic rings. The molecule has 8 N–H and O–H groups in total. The Morgan fingerprint density at radius 2 is 1.20 bits per heavy atom. The van der Waals surface area contributed by atoms with E-state index in [2.05, 4.69) is 0 Å². The number of amides is 2. The molecule has 2 amide bonds. The summed E-state index contributed by atoms with van der Waals surface area (Å²) in [6.45, 7) is 0. The first-order valence-electron chi connectivity index (χ1n) is 9.27. The highest BCUT2D eigenvalue weighted by Crippen LogP contribution is 2.39. The Labute approximate surface area is 173 Å². The summed E-state index contributed by atoms with van der Waals surface area (Å²) in [5.41, 5.74) is 27.8. The van der Waals surface area contributed by atoms with Gasteiger partial charge in [-0.1, -0.05) is 30.3 Å². The average Bonchev–Trinajstić information content (AvgIpc) is 2.73. The average molecular weight is 396 g/mol. The number of carbonyl (C=O) groups excluding carboxylic acids is 2. The Bertz CT molecular complexity index is 1290. The lowest BCUT2D eigenvalue weighted by molar-refractivity contribution is 0.0992. The second-order valence-electron chi connectivity index (χ2n) is 7.08. The molecule has 0 saturated carbocycles. The van der Waals surface area contributed by atoms with E-state index in [-0.39, 0.29) is 0 Å². The molecule has 4 rings (SSSR count). The SMILES string of the molecule is NC(=O)c1ccc2c(-c3ccc(N)cc3)c(C(N)=O)c(-c3ccc(N)cc3)cc2c1. The van der Waals surface area contributed by atoms with Crippen LogP contribution in [0.1, 0.15) is 20.7 Å². The number of rotatable bonds is 4. The van der Waals surface area contributed by atoms with Crippen molar-refractivity contribution in [1.29, 1.82) is 0 Å². The fourth-order valence-electron chi connectivity index (χ4n) is 3.66. The Morgan fingerprint density at radius 1 is 0.633 bits per heavy atom. The van der Waals surface area contributed by atoms with Gasteiger partial charge in [0.15, 0.2) is 0 Å². The summed E-state index contributed by atoms with van der Waals surface area (Å²) in [6, 6.07) is 21.3. The lowest BCUT2D eigenvalue weighted by atomic mass is 9.86. The maximum Gasteiger partial charge on any atom is 0.249 e. The second-order valence-corrected chi connectivity index (χ2v) is 7.08. The van der Waals surface area contributed by atoms with Crippen LogP contribution in [0.4, 0.5) is 11.4 Å². The Balaban J connectivity index is 2.15. The third-order valence-corrected chi connectivity index (χ3v) is 5.09. The fraction of sp³-hybridized carbons (Fsp3) is 0. The lowest BCUT2D eigenvalue weighted by Gasteiger charge is -2.17. The number of carbonyl (C=O) groups is 2. The van der Waals surface area contributed by atoms with E-state index in [0.717, 1.165) is 21.9 Å². The molecule has 0 heterocycles. The van der Waals surface area contributed by atoms with E-state index in [4.69, 9.17) is 22.9 Å². The molecule has 0 aromatic heterocycles. The molecule has 0 radical (unpaired) electrons. The van der Waals surface area contributed by atoms with Crippen molar-refractivity contribution in [2.24, 2.45) is 11.5 Å². The van der Waals surface area contributed by atoms with Crippen LogP contribution >= 0.6 is 0 Å². The topological polar surface area (TPSA) is 138 Å². The number of hydrogen-bond acceptors (Lipinski definition) is 4. The number of primary amides is 2. The highest BCUT2D eigenvalue weighted by Gasteiger charge is 2.21. The minimum atomic E-state index is -0.561. The Morgan fingerprint density at radius 3 is 1.73 bits per heavy atom. The van der Waals surface area contributed by atoms with Gasteiger partial charge in [-0.25, -0.2) is 0 Å². The molecular formula is C24H20N4O2. The van der Waals surface area contributed by atoms with Gasteiger partial charge in [-0.3, -0.25) is 9.59 Å². The molecule has 0 aliphatic heterocycles. The molecule has 6 heteroatoms. The highest BCUT2D eigenvalue weighted by molar-refractivity contribution is 6.15. The number of fused-ring (bicyclic) bond motifs is 1. The predicted molar refractivity (Wildman–Crippen MR) is 121 cm³/mol. The van der Waals surface area contributed by atoms with Crippen LogP contribution in [0.25, 0.3) is 33.0 Å². The minimum Gasteiger partial charge on any atom is -0.399 e. The summed E-state index contributed by atoms with van der Waals surface area (Å²) in [6.07, 6.45) is 0. The molecule has 6 nitrogen and oxygen atoms in total. The van der Waals surface area contributed by atoms with Crippen LogP contribution in [0.15, 0.2) is 72.8 Å². The molecule has 0 aliphatic carbocycles. The zero-order valence-corrected chi connectivity index (χ0v) is 16.1. The highest BCUT2D eigenvalue weighted by atomic mass is 16.1. The van der Waals surface area contributed by atoms with Gasteiger partial charge in [0, 0.05) is 22.5 Å². The van der Waals surface area contributed by atoms with Crippen LogP contribution in [-0.2, 0) is 0 Å². The van der Waals surface area contributed by atoms with Crippen LogP contribution in [0, 0.1) is 0 Å². The minimum absolute atomic E-state index is 0.376. The van der Waals surface area contributed by atoms with Gasteiger partial charge in [0.2, 0.25) is 11.8 Å². The first kappa shape index (κ1) is 19.0. The predicted octanol–water partition coefficient (Wildman–Crippen LogP) is 3.54. The van der Waals surface area contributed by atoms with Crippen LogP contribution in [0.5, 0.6) is 0 Å². The van der Waals surface area contributed by atoms with Crippen molar-refractivity contribution >= 4 is 34.0 Å². The molecular weight excluding hydrogens is 376 g/mol. The number of anilines is 2. The van der Waals surface area contributed by atoms with E-state index >= 15 is 0 Å². The third-order valence-electron chi connectivity index (χ3n) is 5.09. The van der Waals surface area contributed by atoms with Gasteiger partial charge < -0.3 is 22.9 Å². The van der Waals surface area contributed by atoms with Crippen molar-refractivity contribution in [3.8, 4) is 22.3 Å². The van der Waals surface area contributed by atoms with Crippen LogP contribution in [-0.4, -0.2) is 11.8 Å². The van der Waals surface area contributed by atoms with Crippen molar-refractivity contribution in [3.05, 3.63) is 83.9 Å². The standard InChI is InChI=1S/C24H20N4O2/c25-17-6-1-13(2-7-17)20-12-16-11-15(23(27)29)5-10-19(16)21(22(20)24(28)30)14-3-8-18(26)9-4-14/h1-12H,25-26H2,(H2,27,29)(H2,28,30). The largest absolute Gasteiger partial charge is 0.399 e. The van der Waals surface area contributed by atoms with E-state index in [0.29, 0.717) is 33.6 Å². The second kappa shape index (κ2) is 7.25. The molecule has 0 saturated heterocycles. The molecule has 0 unspecified atom stereocenters. The molecule has 0 atom stereocenters. The summed E-state index contributed by atoms with van der Waals surface area (Å²) in [4.78, 5) is 24.4. The number of hydrogen-bond donors (Lipinski definition) is 4. The quantitative estimate of drug-likeness (QED) is 0.392. The van der Waals surface area contributed by atoms with Gasteiger partial charge in [0.25, 0.3) is 0 Å². The lowest BCUT2D eigenvalue weighted by Crippen LogP contribution is -2.15. The fourth-order valence-corrected chi connectivity index (χ4v) is 3.66. The van der Waals surface area contributed by atoms with E-state index in [1.807, 2.05) is 30.3 Å². The number of benzene rings is 4. The number of nitrogen functional groups attached to an aromatic ring is 2. The summed E-state index contributed by atoms with van der Waals surface area (Å²) < 4.78 is 0. The smallest absolute Gasteiger partial charge is 0.249 e. The maximum atomic E-state index is 12.6. The number of nitrogens with two attached hydrogens (primary N) is 4. The molecule has 0 fully saturated rings. The van der Waals surface area contributed by atoms with Crippen molar-refractivity contribution in [2.45, 2.75) is 0 Å². The van der Waals surface area contributed by atoms with Crippen molar-refractivity contribution in [2.75, 3.05) is 11.5 Å². The first-order chi connectivity index (χ1) is 14.3. The Kier molecular flexibility index (Phi) is 4.60. The molecule has 0 bridgehead atoms. The zero-order chi connectivity index (χ0) is 21.4. The third kappa shape index (κ3) is 3.31. The van der Waals surface area contributed by atoms with E-state index < -0.39 is 11.8 Å². The van der Waals surface area contributed by atoms with Gasteiger partial charge in [0.05, 0.1) is 5.56 Å². The molecule has 148 valence electrons. The maximum absolute atomic E-state index is 12.6. The van der Waals surface area contributed by atoms with Crippen molar-refractivity contribution in [1.82, 2.24) is 0 Å².